The molecular weight excluding hydrogens is 668 g/mol. The second kappa shape index (κ2) is 17.5. The topological polar surface area (TPSA) is 203 Å². The molecule has 1 aromatic heterocycles. The van der Waals surface area contributed by atoms with Gasteiger partial charge in [-0.05, 0) is 103 Å². The Morgan fingerprint density at radius 3 is 2.04 bits per heavy atom. The molecule has 3 rings (SSSR count). The van der Waals surface area contributed by atoms with E-state index in [4.69, 9.17) is 21.6 Å². The van der Waals surface area contributed by atoms with Crippen molar-refractivity contribution >= 4 is 46.3 Å². The normalized spacial score (nSPS) is 12.6. The predicted molar refractivity (Wildman–Crippen MR) is 196 cm³/mol. The van der Waals surface area contributed by atoms with E-state index in [1.54, 1.807) is 84.9 Å². The van der Waals surface area contributed by atoms with Crippen LogP contribution in [0.2, 0.25) is 0 Å². The lowest BCUT2D eigenvalue weighted by Crippen LogP contribution is -2.47. The lowest BCUT2D eigenvalue weighted by molar-refractivity contribution is -0.160. The molecule has 0 radical (unpaired) electrons. The molecule has 1 heterocycles. The molecule has 0 saturated carbocycles. The Morgan fingerprint density at radius 2 is 1.48 bits per heavy atom. The first kappa shape index (κ1) is 40.7. The Morgan fingerprint density at radius 1 is 0.904 bits per heavy atom. The van der Waals surface area contributed by atoms with E-state index in [1.165, 1.54) is 0 Å². The number of rotatable bonds is 15. The minimum atomic E-state index is -1.21. The summed E-state index contributed by atoms with van der Waals surface area (Å²) in [5, 5.41) is 5.68. The van der Waals surface area contributed by atoms with Gasteiger partial charge in [0.25, 0.3) is 11.5 Å². The summed E-state index contributed by atoms with van der Waals surface area (Å²) in [4.78, 5) is 85.1. The number of aryl methyl sites for hydroxylation is 1. The molecule has 0 aliphatic rings. The van der Waals surface area contributed by atoms with Crippen molar-refractivity contribution in [1.82, 2.24) is 20.6 Å². The van der Waals surface area contributed by atoms with Gasteiger partial charge >= 0.3 is 11.9 Å². The largest absolute Gasteiger partial charge is 0.458 e. The molecule has 3 aromatic rings. The van der Waals surface area contributed by atoms with Crippen LogP contribution in [-0.2, 0) is 35.2 Å². The third kappa shape index (κ3) is 12.9. The molecule has 0 bridgehead atoms. The number of nitrogens with zero attached hydrogens (tertiary/aromatic N) is 2. The fraction of sp³-hybridized carbons (Fsp3) is 0.447. The highest BCUT2D eigenvalue weighted by Crippen LogP contribution is 2.21. The van der Waals surface area contributed by atoms with Crippen molar-refractivity contribution in [1.29, 1.82) is 0 Å². The highest BCUT2D eigenvalue weighted by molar-refractivity contribution is 5.97. The number of nitrogens with one attached hydrogen (secondary N) is 3. The van der Waals surface area contributed by atoms with Crippen LogP contribution in [0, 0.1) is 19.3 Å². The fourth-order valence-corrected chi connectivity index (χ4v) is 5.11. The van der Waals surface area contributed by atoms with Crippen molar-refractivity contribution in [2.45, 2.75) is 104 Å². The minimum Gasteiger partial charge on any atom is -0.458 e. The first-order valence-corrected chi connectivity index (χ1v) is 16.9. The molecule has 0 fully saturated rings. The smallest absolute Gasteiger partial charge is 0.329 e. The number of primary amides is 1. The van der Waals surface area contributed by atoms with Gasteiger partial charge in [0.2, 0.25) is 11.8 Å². The molecule has 14 heteroatoms. The average molecular weight is 717 g/mol. The zero-order chi connectivity index (χ0) is 38.8. The summed E-state index contributed by atoms with van der Waals surface area (Å²) in [5.41, 5.74) is 5.65. The predicted octanol–water partition coefficient (Wildman–Crippen LogP) is 3.18. The lowest BCUT2D eigenvalue weighted by Gasteiger charge is -2.26. The van der Waals surface area contributed by atoms with Gasteiger partial charge in [-0.25, -0.2) is 14.6 Å². The summed E-state index contributed by atoms with van der Waals surface area (Å²) in [6.07, 6.45) is 5.01. The van der Waals surface area contributed by atoms with Gasteiger partial charge < -0.3 is 35.7 Å². The number of aromatic nitrogens is 2. The number of carbonyl (C=O) groups is 5. The number of hydrogen-bond acceptors (Lipinski definition) is 10. The number of esters is 2. The van der Waals surface area contributed by atoms with Crippen LogP contribution in [0.5, 0.6) is 0 Å². The van der Waals surface area contributed by atoms with E-state index in [1.807, 2.05) is 11.0 Å². The van der Waals surface area contributed by atoms with Crippen molar-refractivity contribution in [2.75, 3.05) is 11.4 Å². The summed E-state index contributed by atoms with van der Waals surface area (Å²) in [6, 6.07) is 9.64. The van der Waals surface area contributed by atoms with Crippen LogP contribution in [0.3, 0.4) is 0 Å². The van der Waals surface area contributed by atoms with Crippen molar-refractivity contribution in [3.63, 3.8) is 0 Å². The monoisotopic (exact) mass is 716 g/mol. The van der Waals surface area contributed by atoms with Crippen LogP contribution in [-0.4, -0.2) is 69.5 Å². The molecule has 0 aliphatic heterocycles. The van der Waals surface area contributed by atoms with E-state index in [0.717, 1.165) is 5.56 Å². The van der Waals surface area contributed by atoms with Crippen LogP contribution < -0.4 is 26.8 Å². The Balaban J connectivity index is 1.74. The Labute approximate surface area is 303 Å². The van der Waals surface area contributed by atoms with Crippen LogP contribution >= 0.6 is 0 Å². The summed E-state index contributed by atoms with van der Waals surface area (Å²) in [7, 11) is 0. The summed E-state index contributed by atoms with van der Waals surface area (Å²) < 4.78 is 10.9. The number of anilines is 1. The number of ether oxygens (including phenoxy) is 2. The number of nitrogens with two attached hydrogens (primary N) is 1. The molecule has 2 atom stereocenters. The van der Waals surface area contributed by atoms with Crippen molar-refractivity contribution in [3.8, 4) is 12.3 Å². The van der Waals surface area contributed by atoms with E-state index in [-0.39, 0.29) is 43.4 Å². The molecular formula is C38H48N6O8. The third-order valence-electron chi connectivity index (χ3n) is 7.40. The number of carbonyl (C=O) groups excluding carboxylic acids is 5. The maximum absolute atomic E-state index is 13.4. The van der Waals surface area contributed by atoms with Gasteiger partial charge in [0.15, 0.2) is 0 Å². The van der Waals surface area contributed by atoms with Gasteiger partial charge in [-0.2, -0.15) is 0 Å². The van der Waals surface area contributed by atoms with E-state index >= 15 is 0 Å². The summed E-state index contributed by atoms with van der Waals surface area (Å²) >= 11 is 0. The molecule has 2 aromatic carbocycles. The van der Waals surface area contributed by atoms with E-state index < -0.39 is 52.9 Å². The van der Waals surface area contributed by atoms with Gasteiger partial charge in [-0.15, -0.1) is 6.42 Å². The second-order valence-corrected chi connectivity index (χ2v) is 14.4. The van der Waals surface area contributed by atoms with Crippen LogP contribution in [0.1, 0.15) is 89.0 Å². The van der Waals surface area contributed by atoms with E-state index in [9.17, 15) is 28.8 Å². The molecule has 0 spiro atoms. The number of benzene rings is 2. The summed E-state index contributed by atoms with van der Waals surface area (Å²) in [5.74, 6) is -0.168. The molecule has 0 aliphatic carbocycles. The highest BCUT2D eigenvalue weighted by atomic mass is 16.6. The quantitative estimate of drug-likeness (QED) is 0.134. The Kier molecular flexibility index (Phi) is 13.7. The van der Waals surface area contributed by atoms with Crippen LogP contribution in [0.15, 0.2) is 47.3 Å². The number of amides is 3. The van der Waals surface area contributed by atoms with Gasteiger partial charge in [0, 0.05) is 30.6 Å². The van der Waals surface area contributed by atoms with Crippen molar-refractivity contribution in [2.24, 2.45) is 5.73 Å². The maximum atomic E-state index is 13.4. The zero-order valence-corrected chi connectivity index (χ0v) is 30.8. The number of fused-ring (bicyclic) bond motifs is 1. The Bertz CT molecular complexity index is 1880. The number of H-pyrrole nitrogens is 1. The first-order valence-electron chi connectivity index (χ1n) is 16.9. The highest BCUT2D eigenvalue weighted by Gasteiger charge is 2.30. The lowest BCUT2D eigenvalue weighted by atomic mass is 10.1. The maximum Gasteiger partial charge on any atom is 0.329 e. The van der Waals surface area contributed by atoms with Crippen molar-refractivity contribution in [3.05, 3.63) is 69.8 Å². The summed E-state index contributed by atoms with van der Waals surface area (Å²) in [6.45, 7) is 12.4. The molecule has 14 nitrogen and oxygen atoms in total. The molecule has 0 saturated heterocycles. The fourth-order valence-electron chi connectivity index (χ4n) is 5.11. The third-order valence-corrected chi connectivity index (χ3v) is 7.40. The standard InChI is InChI=1S/C38H48N6O8/c1-9-20-44(22-24-10-15-28-27(21-24)34(48)41-23(2)40-28)26-13-11-25(12-14-26)33(47)43-30(36(50)52-38(6,7)8)17-19-32(46)42-29(16-18-31(39)45)35(49)51-37(3,4)5/h1,10-15,21,29-30H,16-20,22H2,2-8H3,(H2,39,45)(H,42,46)(H,43,47)(H,40,41,48)/t29-,30-/m0/s1. The molecule has 52 heavy (non-hydrogen) atoms. The molecule has 5 N–H and O–H groups in total. The second-order valence-electron chi connectivity index (χ2n) is 14.4. The molecule has 3 amide bonds. The van der Waals surface area contributed by atoms with Gasteiger partial charge in [-0.1, -0.05) is 12.0 Å². The minimum absolute atomic E-state index is 0.0732. The number of hydrogen-bond donors (Lipinski definition) is 4. The van der Waals surface area contributed by atoms with Crippen LogP contribution in [0.4, 0.5) is 5.69 Å². The van der Waals surface area contributed by atoms with E-state index in [0.29, 0.717) is 29.0 Å². The molecule has 0 unspecified atom stereocenters. The van der Waals surface area contributed by atoms with E-state index in [2.05, 4.69) is 26.5 Å². The average Bonchev–Trinajstić information content (AvgIpc) is 3.03. The van der Waals surface area contributed by atoms with Gasteiger partial charge in [0.1, 0.15) is 29.1 Å². The van der Waals surface area contributed by atoms with Gasteiger partial charge in [0.05, 0.1) is 17.4 Å². The van der Waals surface area contributed by atoms with Gasteiger partial charge in [-0.3, -0.25) is 19.2 Å². The first-order chi connectivity index (χ1) is 24.2. The SMILES string of the molecule is C#CCN(Cc1ccc2nc(C)[nH]c(=O)c2c1)c1ccc(C(=O)N[C@@H](CCC(=O)N[C@@H](CCC(N)=O)C(=O)OC(C)(C)C)C(=O)OC(C)(C)C)cc1. The number of terminal acetylenes is 1. The Hall–Kier alpha value is -5.71. The van der Waals surface area contributed by atoms with Crippen LogP contribution in [0.25, 0.3) is 10.9 Å². The zero-order valence-electron chi connectivity index (χ0n) is 30.8. The number of aromatic amines is 1. The van der Waals surface area contributed by atoms with Crippen molar-refractivity contribution < 1.29 is 33.4 Å². The molecule has 278 valence electrons.